The fourth-order valence-electron chi connectivity index (χ4n) is 3.95. The summed E-state index contributed by atoms with van der Waals surface area (Å²) in [7, 11) is 2.18. The fourth-order valence-corrected chi connectivity index (χ4v) is 3.95. The van der Waals surface area contributed by atoms with Crippen LogP contribution >= 0.6 is 0 Å². The summed E-state index contributed by atoms with van der Waals surface area (Å²) in [5, 5.41) is 4.60. The van der Waals surface area contributed by atoms with Gasteiger partial charge in [-0.3, -0.25) is 0 Å². The summed E-state index contributed by atoms with van der Waals surface area (Å²) in [5.74, 6) is 1.45. The SMILES string of the molecule is CN1CCCC1COc1ccc2c(C3CCNCC3)ncnc2c1. The largest absolute Gasteiger partial charge is 0.492 e. The predicted octanol–water partition coefficient (Wildman–Crippen LogP) is 2.57. The second kappa shape index (κ2) is 7.03. The number of hydrogen-bond donors (Lipinski definition) is 1. The summed E-state index contributed by atoms with van der Waals surface area (Å²) < 4.78 is 6.04. The van der Waals surface area contributed by atoms with Crippen molar-refractivity contribution < 1.29 is 4.74 Å². The van der Waals surface area contributed by atoms with Crippen molar-refractivity contribution in [3.05, 3.63) is 30.2 Å². The lowest BCUT2D eigenvalue weighted by Gasteiger charge is -2.23. The molecule has 0 spiro atoms. The molecule has 2 aliphatic heterocycles. The molecule has 2 fully saturated rings. The number of likely N-dealkylation sites (N-methyl/N-ethyl adjacent to an activating group) is 1. The third-order valence-electron chi connectivity index (χ3n) is 5.48. The predicted molar refractivity (Wildman–Crippen MR) is 95.5 cm³/mol. The number of fused-ring (bicyclic) bond motifs is 1. The highest BCUT2D eigenvalue weighted by Crippen LogP contribution is 2.30. The van der Waals surface area contributed by atoms with Crippen LogP contribution < -0.4 is 10.1 Å². The topological polar surface area (TPSA) is 50.3 Å². The van der Waals surface area contributed by atoms with Gasteiger partial charge in [0.25, 0.3) is 0 Å². The van der Waals surface area contributed by atoms with Crippen LogP contribution in [0.15, 0.2) is 24.5 Å². The van der Waals surface area contributed by atoms with Crippen LogP contribution in [0.5, 0.6) is 5.75 Å². The second-order valence-electron chi connectivity index (χ2n) is 7.05. The number of benzene rings is 1. The zero-order valence-corrected chi connectivity index (χ0v) is 14.4. The van der Waals surface area contributed by atoms with Gasteiger partial charge in [0.05, 0.1) is 11.2 Å². The summed E-state index contributed by atoms with van der Waals surface area (Å²) in [6, 6.07) is 6.82. The zero-order chi connectivity index (χ0) is 16.4. The van der Waals surface area contributed by atoms with E-state index in [1.807, 2.05) is 0 Å². The van der Waals surface area contributed by atoms with E-state index in [1.165, 1.54) is 30.5 Å². The van der Waals surface area contributed by atoms with Gasteiger partial charge < -0.3 is 15.0 Å². The Balaban J connectivity index is 1.52. The normalized spacial score (nSPS) is 23.0. The van der Waals surface area contributed by atoms with Crippen molar-refractivity contribution in [1.82, 2.24) is 20.2 Å². The van der Waals surface area contributed by atoms with E-state index < -0.39 is 0 Å². The molecule has 128 valence electrons. The Morgan fingerprint density at radius 3 is 2.88 bits per heavy atom. The van der Waals surface area contributed by atoms with E-state index in [9.17, 15) is 0 Å². The maximum Gasteiger partial charge on any atom is 0.121 e. The molecule has 4 rings (SSSR count). The lowest BCUT2D eigenvalue weighted by atomic mass is 9.92. The highest BCUT2D eigenvalue weighted by atomic mass is 16.5. The summed E-state index contributed by atoms with van der Waals surface area (Å²) >= 11 is 0. The van der Waals surface area contributed by atoms with Gasteiger partial charge in [0.1, 0.15) is 18.7 Å². The lowest BCUT2D eigenvalue weighted by Crippen LogP contribution is -2.30. The average molecular weight is 326 g/mol. The Hall–Kier alpha value is -1.72. The molecule has 1 N–H and O–H groups in total. The van der Waals surface area contributed by atoms with E-state index in [2.05, 4.69) is 45.4 Å². The van der Waals surface area contributed by atoms with Gasteiger partial charge in [-0.15, -0.1) is 0 Å². The summed E-state index contributed by atoms with van der Waals surface area (Å²) in [5.41, 5.74) is 2.19. The maximum atomic E-state index is 6.04. The average Bonchev–Trinajstić information content (AvgIpc) is 3.05. The van der Waals surface area contributed by atoms with Crippen LogP contribution in [0.25, 0.3) is 10.9 Å². The molecule has 2 aliphatic rings. The quantitative estimate of drug-likeness (QED) is 0.936. The van der Waals surface area contributed by atoms with Gasteiger partial charge in [-0.2, -0.15) is 0 Å². The van der Waals surface area contributed by atoms with Gasteiger partial charge in [0.2, 0.25) is 0 Å². The first-order chi connectivity index (χ1) is 11.8. The summed E-state index contributed by atoms with van der Waals surface area (Å²) in [6.07, 6.45) is 6.51. The number of piperidine rings is 1. The molecule has 1 unspecified atom stereocenters. The summed E-state index contributed by atoms with van der Waals surface area (Å²) in [4.78, 5) is 11.5. The first-order valence-corrected chi connectivity index (χ1v) is 9.09. The molecular weight excluding hydrogens is 300 g/mol. The van der Waals surface area contributed by atoms with Crippen molar-refractivity contribution in [2.24, 2.45) is 0 Å². The Morgan fingerprint density at radius 1 is 1.21 bits per heavy atom. The Labute approximate surface area is 143 Å². The first-order valence-electron chi connectivity index (χ1n) is 9.09. The Kier molecular flexibility index (Phi) is 4.63. The monoisotopic (exact) mass is 326 g/mol. The van der Waals surface area contributed by atoms with E-state index in [0.717, 1.165) is 43.8 Å². The molecule has 0 saturated carbocycles. The van der Waals surface area contributed by atoms with E-state index in [0.29, 0.717) is 12.0 Å². The van der Waals surface area contributed by atoms with Crippen molar-refractivity contribution in [3.63, 3.8) is 0 Å². The van der Waals surface area contributed by atoms with Crippen molar-refractivity contribution in [2.45, 2.75) is 37.6 Å². The lowest BCUT2D eigenvalue weighted by molar-refractivity contribution is 0.198. The number of aromatic nitrogens is 2. The third kappa shape index (κ3) is 3.23. The van der Waals surface area contributed by atoms with Gasteiger partial charge in [-0.1, -0.05) is 0 Å². The molecule has 1 aromatic heterocycles. The molecule has 0 amide bonds. The van der Waals surface area contributed by atoms with Crippen LogP contribution in [0.3, 0.4) is 0 Å². The van der Waals surface area contributed by atoms with E-state index in [4.69, 9.17) is 4.74 Å². The minimum absolute atomic E-state index is 0.538. The standard InChI is InChI=1S/C19H26N4O/c1-23-10-2-3-15(23)12-24-16-4-5-17-18(11-16)21-13-22-19(17)14-6-8-20-9-7-14/h4-5,11,13-15,20H,2-3,6-10,12H2,1H3. The highest BCUT2D eigenvalue weighted by Gasteiger charge is 2.22. The molecule has 1 atom stereocenters. The van der Waals surface area contributed by atoms with E-state index in [-0.39, 0.29) is 0 Å². The number of hydrogen-bond acceptors (Lipinski definition) is 5. The molecule has 5 nitrogen and oxygen atoms in total. The number of rotatable bonds is 4. The molecule has 24 heavy (non-hydrogen) atoms. The van der Waals surface area contributed by atoms with Gasteiger partial charge >= 0.3 is 0 Å². The number of nitrogens with zero attached hydrogens (tertiary/aromatic N) is 3. The van der Waals surface area contributed by atoms with Crippen LogP contribution in [0.2, 0.25) is 0 Å². The van der Waals surface area contributed by atoms with Gasteiger partial charge in [0.15, 0.2) is 0 Å². The minimum atomic E-state index is 0.538. The first kappa shape index (κ1) is 15.8. The molecule has 0 bridgehead atoms. The van der Waals surface area contributed by atoms with Crippen LogP contribution in [-0.4, -0.2) is 54.2 Å². The molecule has 1 aromatic carbocycles. The van der Waals surface area contributed by atoms with E-state index in [1.54, 1.807) is 6.33 Å². The smallest absolute Gasteiger partial charge is 0.121 e. The van der Waals surface area contributed by atoms with Crippen molar-refractivity contribution in [2.75, 3.05) is 33.3 Å². The maximum absolute atomic E-state index is 6.04. The molecule has 0 aliphatic carbocycles. The molecule has 3 heterocycles. The van der Waals surface area contributed by atoms with Crippen LogP contribution in [0, 0.1) is 0 Å². The Bertz CT molecular complexity index is 699. The van der Waals surface area contributed by atoms with Crippen molar-refractivity contribution >= 4 is 10.9 Å². The fraction of sp³-hybridized carbons (Fsp3) is 0.579. The van der Waals surface area contributed by atoms with Crippen LogP contribution in [0.4, 0.5) is 0 Å². The zero-order valence-electron chi connectivity index (χ0n) is 14.4. The van der Waals surface area contributed by atoms with Gasteiger partial charge in [0, 0.05) is 23.4 Å². The minimum Gasteiger partial charge on any atom is -0.492 e. The van der Waals surface area contributed by atoms with Crippen molar-refractivity contribution in [3.8, 4) is 5.75 Å². The molecule has 2 aromatic rings. The molecular formula is C19H26N4O. The molecule has 5 heteroatoms. The summed E-state index contributed by atoms with van der Waals surface area (Å²) in [6.45, 7) is 4.09. The van der Waals surface area contributed by atoms with Gasteiger partial charge in [-0.05, 0) is 64.5 Å². The second-order valence-corrected chi connectivity index (χ2v) is 7.05. The Morgan fingerprint density at radius 2 is 2.08 bits per heavy atom. The molecule has 2 saturated heterocycles. The third-order valence-corrected chi connectivity index (χ3v) is 5.48. The van der Waals surface area contributed by atoms with E-state index >= 15 is 0 Å². The number of ether oxygens (including phenoxy) is 1. The van der Waals surface area contributed by atoms with Crippen LogP contribution in [0.1, 0.15) is 37.3 Å². The highest BCUT2D eigenvalue weighted by molar-refractivity contribution is 5.82. The van der Waals surface area contributed by atoms with Crippen LogP contribution in [-0.2, 0) is 0 Å². The van der Waals surface area contributed by atoms with Crippen molar-refractivity contribution in [1.29, 1.82) is 0 Å². The number of likely N-dealkylation sites (tertiary alicyclic amines) is 1. The molecule has 0 radical (unpaired) electrons. The number of nitrogens with one attached hydrogen (secondary N) is 1. The van der Waals surface area contributed by atoms with Gasteiger partial charge in [-0.25, -0.2) is 9.97 Å².